The summed E-state index contributed by atoms with van der Waals surface area (Å²) in [6.07, 6.45) is 0.0135. The van der Waals surface area contributed by atoms with Crippen molar-refractivity contribution in [2.75, 3.05) is 20.3 Å². The number of methoxy groups -OCH3 is 1. The molecule has 0 heterocycles. The Kier molecular flexibility index (Phi) is 7.38. The van der Waals surface area contributed by atoms with Gasteiger partial charge in [0.15, 0.2) is 0 Å². The summed E-state index contributed by atoms with van der Waals surface area (Å²) in [5.74, 6) is 0.0872. The largest absolute Gasteiger partial charge is 0.497 e. The molecular weight excluding hydrogens is 298 g/mol. The van der Waals surface area contributed by atoms with Crippen molar-refractivity contribution in [2.45, 2.75) is 27.2 Å². The molecule has 0 aliphatic carbocycles. The minimum atomic E-state index is -0.878. The van der Waals surface area contributed by atoms with Gasteiger partial charge in [-0.1, -0.05) is 20.8 Å². The molecule has 0 aliphatic rings. The third kappa shape index (κ3) is 6.59. The quantitative estimate of drug-likeness (QED) is 0.729. The van der Waals surface area contributed by atoms with E-state index in [2.05, 4.69) is 5.32 Å². The van der Waals surface area contributed by atoms with E-state index in [1.807, 2.05) is 13.8 Å². The standard InChI is InChI=1S/C17H25NO5/c1-11(2)10-23-15-8-13(22-4)5-6-14(15)17(21)18-9-12(3)7-16(19)20/h5-6,8,11-12H,7,9-10H2,1-4H3,(H,18,21)(H,19,20). The highest BCUT2D eigenvalue weighted by Crippen LogP contribution is 2.25. The Morgan fingerprint density at radius 2 is 1.96 bits per heavy atom. The maximum absolute atomic E-state index is 12.3. The monoisotopic (exact) mass is 323 g/mol. The Labute approximate surface area is 136 Å². The maximum Gasteiger partial charge on any atom is 0.303 e. The van der Waals surface area contributed by atoms with Crippen molar-refractivity contribution < 1.29 is 24.2 Å². The first kappa shape index (κ1) is 18.8. The third-order valence-corrected chi connectivity index (χ3v) is 3.14. The number of rotatable bonds is 9. The summed E-state index contributed by atoms with van der Waals surface area (Å²) in [4.78, 5) is 23.0. The molecular formula is C17H25NO5. The number of aliphatic carboxylic acids is 1. The lowest BCUT2D eigenvalue weighted by Gasteiger charge is -2.15. The summed E-state index contributed by atoms with van der Waals surface area (Å²) >= 11 is 0. The zero-order chi connectivity index (χ0) is 17.4. The fourth-order valence-electron chi connectivity index (χ4n) is 1.93. The maximum atomic E-state index is 12.3. The van der Waals surface area contributed by atoms with Crippen molar-refractivity contribution in [2.24, 2.45) is 11.8 Å². The number of carbonyl (C=O) groups is 2. The van der Waals surface area contributed by atoms with Gasteiger partial charge in [-0.05, 0) is 24.0 Å². The average Bonchev–Trinajstić information content (AvgIpc) is 2.49. The molecule has 6 heteroatoms. The molecule has 1 atom stereocenters. The van der Waals surface area contributed by atoms with Crippen molar-refractivity contribution in [3.63, 3.8) is 0 Å². The molecule has 1 amide bonds. The van der Waals surface area contributed by atoms with Crippen LogP contribution in [0.5, 0.6) is 11.5 Å². The number of ether oxygens (including phenoxy) is 2. The molecule has 6 nitrogen and oxygen atoms in total. The molecule has 2 N–H and O–H groups in total. The Bertz CT molecular complexity index is 542. The second kappa shape index (κ2) is 9.02. The van der Waals surface area contributed by atoms with Crippen molar-refractivity contribution in [1.82, 2.24) is 5.32 Å². The van der Waals surface area contributed by atoms with Gasteiger partial charge in [0.2, 0.25) is 0 Å². The fourth-order valence-corrected chi connectivity index (χ4v) is 1.93. The van der Waals surface area contributed by atoms with Gasteiger partial charge in [-0.3, -0.25) is 9.59 Å². The molecule has 0 saturated carbocycles. The Balaban J connectivity index is 2.79. The van der Waals surface area contributed by atoms with Gasteiger partial charge in [0.25, 0.3) is 5.91 Å². The van der Waals surface area contributed by atoms with Crippen LogP contribution in [0.4, 0.5) is 0 Å². The highest BCUT2D eigenvalue weighted by molar-refractivity contribution is 5.97. The van der Waals surface area contributed by atoms with Crippen molar-refractivity contribution in [3.05, 3.63) is 23.8 Å². The Hall–Kier alpha value is -2.24. The van der Waals surface area contributed by atoms with Crippen LogP contribution in [0.25, 0.3) is 0 Å². The molecule has 1 aromatic carbocycles. The van der Waals surface area contributed by atoms with Crippen LogP contribution < -0.4 is 14.8 Å². The first-order valence-electron chi connectivity index (χ1n) is 7.64. The second-order valence-corrected chi connectivity index (χ2v) is 5.98. The minimum Gasteiger partial charge on any atom is -0.497 e. The normalized spacial score (nSPS) is 11.9. The van der Waals surface area contributed by atoms with E-state index in [1.165, 1.54) is 0 Å². The van der Waals surface area contributed by atoms with Crippen molar-refractivity contribution in [3.8, 4) is 11.5 Å². The number of nitrogens with one attached hydrogen (secondary N) is 1. The zero-order valence-corrected chi connectivity index (χ0v) is 14.1. The van der Waals surface area contributed by atoms with Gasteiger partial charge in [-0.2, -0.15) is 0 Å². The zero-order valence-electron chi connectivity index (χ0n) is 14.1. The molecule has 0 spiro atoms. The van der Waals surface area contributed by atoms with Gasteiger partial charge in [-0.15, -0.1) is 0 Å². The number of amides is 1. The van der Waals surface area contributed by atoms with Crippen molar-refractivity contribution >= 4 is 11.9 Å². The van der Waals surface area contributed by atoms with Crippen LogP contribution in [0, 0.1) is 11.8 Å². The molecule has 1 rings (SSSR count). The molecule has 0 radical (unpaired) electrons. The number of carboxylic acid groups (broad SMARTS) is 1. The molecule has 1 unspecified atom stereocenters. The van der Waals surface area contributed by atoms with Crippen LogP contribution in [0.3, 0.4) is 0 Å². The first-order valence-corrected chi connectivity index (χ1v) is 7.64. The van der Waals surface area contributed by atoms with E-state index in [0.717, 1.165) is 0 Å². The van der Waals surface area contributed by atoms with Crippen LogP contribution in [0.15, 0.2) is 18.2 Å². The summed E-state index contributed by atoms with van der Waals surface area (Å²) in [6, 6.07) is 5.02. The van der Waals surface area contributed by atoms with Gasteiger partial charge < -0.3 is 19.9 Å². The number of benzene rings is 1. The van der Waals surface area contributed by atoms with Crippen molar-refractivity contribution in [1.29, 1.82) is 0 Å². The van der Waals surface area contributed by atoms with Gasteiger partial charge >= 0.3 is 5.97 Å². The van der Waals surface area contributed by atoms with E-state index < -0.39 is 5.97 Å². The van der Waals surface area contributed by atoms with E-state index in [4.69, 9.17) is 14.6 Å². The second-order valence-electron chi connectivity index (χ2n) is 5.98. The lowest BCUT2D eigenvalue weighted by atomic mass is 10.1. The highest BCUT2D eigenvalue weighted by atomic mass is 16.5. The van der Waals surface area contributed by atoms with Crippen LogP contribution in [-0.2, 0) is 4.79 Å². The topological polar surface area (TPSA) is 84.9 Å². The van der Waals surface area contributed by atoms with Gasteiger partial charge in [0.05, 0.1) is 19.3 Å². The molecule has 0 bridgehead atoms. The van der Waals surface area contributed by atoms with Crippen LogP contribution in [0.2, 0.25) is 0 Å². The molecule has 0 aromatic heterocycles. The SMILES string of the molecule is COc1ccc(C(=O)NCC(C)CC(=O)O)c(OCC(C)C)c1. The van der Waals surface area contributed by atoms with Gasteiger partial charge in [0.1, 0.15) is 11.5 Å². The van der Waals surface area contributed by atoms with Gasteiger partial charge in [0, 0.05) is 19.0 Å². The van der Waals surface area contributed by atoms with E-state index >= 15 is 0 Å². The summed E-state index contributed by atoms with van der Waals surface area (Å²) < 4.78 is 10.9. The highest BCUT2D eigenvalue weighted by Gasteiger charge is 2.16. The van der Waals surface area contributed by atoms with Crippen LogP contribution in [-0.4, -0.2) is 37.2 Å². The Morgan fingerprint density at radius 3 is 2.52 bits per heavy atom. The lowest BCUT2D eigenvalue weighted by molar-refractivity contribution is -0.137. The number of carboxylic acids is 1. The summed E-state index contributed by atoms with van der Waals surface area (Å²) in [5.41, 5.74) is 0.411. The fraction of sp³-hybridized carbons (Fsp3) is 0.529. The van der Waals surface area contributed by atoms with Crippen LogP contribution >= 0.6 is 0 Å². The van der Waals surface area contributed by atoms with E-state index in [0.29, 0.717) is 36.1 Å². The summed E-state index contributed by atoms with van der Waals surface area (Å²) in [7, 11) is 1.55. The number of hydrogen-bond acceptors (Lipinski definition) is 4. The number of carbonyl (C=O) groups excluding carboxylic acids is 1. The molecule has 0 saturated heterocycles. The molecule has 0 aliphatic heterocycles. The predicted molar refractivity (Wildman–Crippen MR) is 87.1 cm³/mol. The smallest absolute Gasteiger partial charge is 0.303 e. The predicted octanol–water partition coefficient (Wildman–Crippen LogP) is 2.57. The average molecular weight is 323 g/mol. The molecule has 23 heavy (non-hydrogen) atoms. The van der Waals surface area contributed by atoms with Crippen LogP contribution in [0.1, 0.15) is 37.6 Å². The number of hydrogen-bond donors (Lipinski definition) is 2. The third-order valence-electron chi connectivity index (χ3n) is 3.14. The van der Waals surface area contributed by atoms with E-state index in [9.17, 15) is 9.59 Å². The van der Waals surface area contributed by atoms with E-state index in [1.54, 1.807) is 32.2 Å². The molecule has 1 aromatic rings. The Morgan fingerprint density at radius 1 is 1.26 bits per heavy atom. The summed E-state index contributed by atoms with van der Waals surface area (Å²) in [5, 5.41) is 11.5. The first-order chi connectivity index (χ1) is 10.8. The molecule has 128 valence electrons. The van der Waals surface area contributed by atoms with E-state index in [-0.39, 0.29) is 18.2 Å². The molecule has 0 fully saturated rings. The van der Waals surface area contributed by atoms with Gasteiger partial charge in [-0.25, -0.2) is 0 Å². The minimum absolute atomic E-state index is 0.0135. The summed E-state index contributed by atoms with van der Waals surface area (Å²) in [6.45, 7) is 6.60. The lowest BCUT2D eigenvalue weighted by Crippen LogP contribution is -2.29.